The van der Waals surface area contributed by atoms with Crippen molar-refractivity contribution >= 4 is 26.5 Å². The first-order chi connectivity index (χ1) is 15.8. The van der Waals surface area contributed by atoms with E-state index in [1.54, 1.807) is 13.8 Å². The van der Waals surface area contributed by atoms with Crippen LogP contribution in [0.4, 0.5) is 26.3 Å². The molecule has 5 nitrogen and oxygen atoms in total. The molecule has 0 radical (unpaired) electrons. The number of hydrogen-bond donors (Lipinski definition) is 0. The third-order valence-electron chi connectivity index (χ3n) is 5.94. The van der Waals surface area contributed by atoms with Crippen LogP contribution in [0.2, 0.25) is 0 Å². The maximum Gasteiger partial charge on any atom is 0.416 e. The number of benzene rings is 2. The van der Waals surface area contributed by atoms with Gasteiger partial charge in [0.05, 0.1) is 37.1 Å². The Hall–Kier alpha value is -2.41. The van der Waals surface area contributed by atoms with E-state index in [1.807, 2.05) is 0 Å². The van der Waals surface area contributed by atoms with E-state index < -0.39 is 71.1 Å². The molecule has 0 bridgehead atoms. The molecular formula is C22H21F6NO4S2. The molecular weight excluding hydrogens is 520 g/mol. The summed E-state index contributed by atoms with van der Waals surface area (Å²) < 4.78 is 114. The molecule has 2 aromatic carbocycles. The number of carbonyl (C=O) groups is 1. The van der Waals surface area contributed by atoms with Crippen molar-refractivity contribution in [3.8, 4) is 0 Å². The Morgan fingerprint density at radius 3 is 2.00 bits per heavy atom. The number of alkyl halides is 6. The number of amides is 1. The zero-order valence-electron chi connectivity index (χ0n) is 18.7. The predicted octanol–water partition coefficient (Wildman–Crippen LogP) is 4.79. The number of likely N-dealkylation sites (tertiary alicyclic amines) is 1. The average Bonchev–Trinajstić information content (AvgIpc) is 2.69. The first-order valence-corrected chi connectivity index (χ1v) is 13.2. The number of sulfone groups is 1. The Morgan fingerprint density at radius 1 is 0.943 bits per heavy atom. The summed E-state index contributed by atoms with van der Waals surface area (Å²) in [4.78, 5) is 13.3. The van der Waals surface area contributed by atoms with Gasteiger partial charge in [-0.2, -0.15) is 26.3 Å². The van der Waals surface area contributed by atoms with E-state index >= 15 is 0 Å². The Morgan fingerprint density at radius 2 is 1.49 bits per heavy atom. The van der Waals surface area contributed by atoms with Gasteiger partial charge in [0.2, 0.25) is 0 Å². The first-order valence-electron chi connectivity index (χ1n) is 10.1. The van der Waals surface area contributed by atoms with E-state index in [0.29, 0.717) is 18.4 Å². The summed E-state index contributed by atoms with van der Waals surface area (Å²) in [5, 5.41) is 0. The van der Waals surface area contributed by atoms with Crippen LogP contribution in [-0.2, 0) is 33.0 Å². The summed E-state index contributed by atoms with van der Waals surface area (Å²) in [6, 6.07) is 5.97. The van der Waals surface area contributed by atoms with Crippen molar-refractivity contribution in [3.05, 3.63) is 59.2 Å². The van der Waals surface area contributed by atoms with Gasteiger partial charge in [-0.1, -0.05) is 6.07 Å². The fourth-order valence-electron chi connectivity index (χ4n) is 3.68. The Kier molecular flexibility index (Phi) is 6.92. The third-order valence-corrected chi connectivity index (χ3v) is 9.05. The molecule has 1 unspecified atom stereocenters. The lowest BCUT2D eigenvalue weighted by molar-refractivity contribution is -0.138. The van der Waals surface area contributed by atoms with Gasteiger partial charge in [-0.3, -0.25) is 9.00 Å². The molecule has 0 saturated carbocycles. The highest BCUT2D eigenvalue weighted by atomic mass is 32.2. The van der Waals surface area contributed by atoms with Gasteiger partial charge < -0.3 is 4.90 Å². The van der Waals surface area contributed by atoms with Gasteiger partial charge in [-0.15, -0.1) is 0 Å². The second-order valence-corrected chi connectivity index (χ2v) is 12.8. The lowest BCUT2D eigenvalue weighted by Crippen LogP contribution is -2.58. The van der Waals surface area contributed by atoms with Crippen LogP contribution in [0.5, 0.6) is 0 Å². The first kappa shape index (κ1) is 27.2. The summed E-state index contributed by atoms with van der Waals surface area (Å²) in [5.41, 5.74) is -2.58. The fraction of sp³-hybridized carbons (Fsp3) is 0.409. The number of carbonyl (C=O) groups excluding carboxylic acids is 1. The number of nitrogens with zero attached hydrogens (tertiary/aromatic N) is 1. The highest BCUT2D eigenvalue weighted by Gasteiger charge is 2.46. The van der Waals surface area contributed by atoms with Gasteiger partial charge in [0.25, 0.3) is 5.91 Å². The molecule has 1 atom stereocenters. The van der Waals surface area contributed by atoms with E-state index in [1.165, 1.54) is 11.0 Å². The summed E-state index contributed by atoms with van der Waals surface area (Å²) in [5.74, 6) is -1.23. The molecule has 35 heavy (non-hydrogen) atoms. The number of hydrogen-bond acceptors (Lipinski definition) is 4. The number of rotatable bonds is 5. The van der Waals surface area contributed by atoms with Crippen LogP contribution in [0.15, 0.2) is 52.3 Å². The monoisotopic (exact) mass is 541 g/mol. The summed E-state index contributed by atoms with van der Waals surface area (Å²) in [7, 11) is -6.06. The molecule has 3 rings (SSSR count). The van der Waals surface area contributed by atoms with Crippen LogP contribution < -0.4 is 0 Å². The molecule has 2 aromatic rings. The molecule has 1 amide bonds. The van der Waals surface area contributed by atoms with E-state index in [2.05, 4.69) is 0 Å². The quantitative estimate of drug-likeness (QED) is 0.511. The van der Waals surface area contributed by atoms with E-state index in [9.17, 15) is 43.8 Å². The van der Waals surface area contributed by atoms with Crippen molar-refractivity contribution in [1.82, 2.24) is 4.90 Å². The minimum Gasteiger partial charge on any atom is -0.338 e. The van der Waals surface area contributed by atoms with Gasteiger partial charge in [0.1, 0.15) is 0 Å². The molecule has 0 aromatic heterocycles. The normalized spacial score (nSPS) is 16.7. The molecule has 1 aliphatic rings. The highest BCUT2D eigenvalue weighted by Crippen LogP contribution is 2.38. The molecule has 1 fully saturated rings. The van der Waals surface area contributed by atoms with Crippen molar-refractivity contribution in [2.24, 2.45) is 5.92 Å². The summed E-state index contributed by atoms with van der Waals surface area (Å²) in [6.45, 7) is 3.16. The predicted molar refractivity (Wildman–Crippen MR) is 116 cm³/mol. The molecule has 1 heterocycles. The van der Waals surface area contributed by atoms with Crippen molar-refractivity contribution in [3.63, 3.8) is 0 Å². The van der Waals surface area contributed by atoms with Crippen LogP contribution in [0.3, 0.4) is 0 Å². The van der Waals surface area contributed by atoms with E-state index in [0.717, 1.165) is 24.3 Å². The van der Waals surface area contributed by atoms with Crippen LogP contribution in [0.25, 0.3) is 0 Å². The minimum absolute atomic E-state index is 0.000753. The van der Waals surface area contributed by atoms with E-state index in [-0.39, 0.29) is 18.0 Å². The largest absolute Gasteiger partial charge is 0.416 e. The second-order valence-electron chi connectivity index (χ2n) is 8.79. The molecule has 0 spiro atoms. The lowest BCUT2D eigenvalue weighted by Gasteiger charge is -2.47. The van der Waals surface area contributed by atoms with Gasteiger partial charge in [-0.05, 0) is 50.2 Å². The van der Waals surface area contributed by atoms with Gasteiger partial charge >= 0.3 is 12.4 Å². The van der Waals surface area contributed by atoms with Gasteiger partial charge in [0.15, 0.2) is 9.84 Å². The zero-order valence-corrected chi connectivity index (χ0v) is 20.3. The number of halogens is 6. The third kappa shape index (κ3) is 5.55. The van der Waals surface area contributed by atoms with Crippen LogP contribution >= 0.6 is 0 Å². The maximum absolute atomic E-state index is 13.1. The van der Waals surface area contributed by atoms with Crippen LogP contribution in [0.1, 0.15) is 35.3 Å². The summed E-state index contributed by atoms with van der Waals surface area (Å²) in [6.07, 6.45) is -8.72. The second kappa shape index (κ2) is 8.91. The maximum atomic E-state index is 13.1. The molecule has 0 N–H and O–H groups in total. The van der Waals surface area contributed by atoms with Crippen molar-refractivity contribution in [2.75, 3.05) is 19.3 Å². The summed E-state index contributed by atoms with van der Waals surface area (Å²) >= 11 is 0. The molecule has 1 aliphatic heterocycles. The van der Waals surface area contributed by atoms with Crippen molar-refractivity contribution in [1.29, 1.82) is 0 Å². The zero-order chi connectivity index (χ0) is 26.6. The topological polar surface area (TPSA) is 71.5 Å². The SMILES string of the molecule is CC(C)(C1CN(C(=O)c2ccc(C(F)(F)F)cc2S(C)(=O)=O)C1)S(=O)c1cccc(C(F)(F)F)c1. The lowest BCUT2D eigenvalue weighted by atomic mass is 9.87. The van der Waals surface area contributed by atoms with Crippen molar-refractivity contribution in [2.45, 2.75) is 40.7 Å². The highest BCUT2D eigenvalue weighted by molar-refractivity contribution is 7.90. The van der Waals surface area contributed by atoms with Crippen LogP contribution in [0, 0.1) is 5.92 Å². The smallest absolute Gasteiger partial charge is 0.338 e. The fourth-order valence-corrected chi connectivity index (χ4v) is 6.07. The molecule has 1 saturated heterocycles. The standard InChI is InChI=1S/C22H21F6NO4S2/c1-20(2,34(31)16-6-4-5-13(9-16)21(23,24)25)15-11-29(12-15)19(30)17-8-7-14(22(26,27)28)10-18(17)35(3,32)33/h4-10,15H,11-12H2,1-3H3. The van der Waals surface area contributed by atoms with Gasteiger partial charge in [-0.25, -0.2) is 8.42 Å². The molecule has 13 heteroatoms. The van der Waals surface area contributed by atoms with Crippen LogP contribution in [-0.4, -0.2) is 47.5 Å². The average molecular weight is 542 g/mol. The molecule has 192 valence electrons. The minimum atomic E-state index is -4.81. The van der Waals surface area contributed by atoms with Gasteiger partial charge in [0, 0.05) is 30.2 Å². The Labute approximate surface area is 200 Å². The van der Waals surface area contributed by atoms with E-state index in [4.69, 9.17) is 0 Å². The Bertz CT molecular complexity index is 1280. The van der Waals surface area contributed by atoms with Crippen molar-refractivity contribution < 1.29 is 43.8 Å². The Balaban J connectivity index is 1.81. The molecule has 0 aliphatic carbocycles.